The van der Waals surface area contributed by atoms with E-state index in [-0.39, 0.29) is 0 Å². The second-order valence-electron chi connectivity index (χ2n) is 8.64. The fraction of sp³-hybridized carbons (Fsp3) is 0.923. The summed E-state index contributed by atoms with van der Waals surface area (Å²) in [7, 11) is -7.64. The van der Waals surface area contributed by atoms with Crippen molar-refractivity contribution in [2.75, 3.05) is 0 Å². The van der Waals surface area contributed by atoms with Gasteiger partial charge in [0, 0.05) is 5.71 Å². The molecule has 0 saturated carbocycles. The molecule has 0 aliphatic carbocycles. The van der Waals surface area contributed by atoms with Crippen molar-refractivity contribution >= 4 is 31.1 Å². The Hall–Kier alpha value is -0.0294. The molecule has 4 nitrogen and oxygen atoms in total. The zero-order valence-corrected chi connectivity index (χ0v) is 18.6. The van der Waals surface area contributed by atoms with E-state index in [9.17, 15) is 0 Å². The summed E-state index contributed by atoms with van der Waals surface area (Å²) in [6.07, 6.45) is 0. The maximum absolute atomic E-state index is 15.6. The molecule has 0 fully saturated rings. The van der Waals surface area contributed by atoms with E-state index in [2.05, 4.69) is 44.4 Å². The molecule has 0 heterocycles. The van der Waals surface area contributed by atoms with E-state index in [1.54, 1.807) is 13.8 Å². The van der Waals surface area contributed by atoms with Gasteiger partial charge in [0.2, 0.25) is 0 Å². The molecule has 0 N–H and O–H groups in total. The summed E-state index contributed by atoms with van der Waals surface area (Å²) in [6.45, 7) is 22.0. The van der Waals surface area contributed by atoms with Gasteiger partial charge in [-0.1, -0.05) is 60.1 Å². The summed E-state index contributed by atoms with van der Waals surface area (Å²) in [5.41, 5.74) is 0.685. The van der Waals surface area contributed by atoms with Gasteiger partial charge in [0.05, 0.1) is 5.04 Å². The van der Waals surface area contributed by atoms with Crippen LogP contribution in [0.25, 0.3) is 0 Å². The van der Waals surface area contributed by atoms with Crippen LogP contribution < -0.4 is 0 Å². The van der Waals surface area contributed by atoms with Crippen LogP contribution in [0.3, 0.4) is 0 Å². The van der Waals surface area contributed by atoms with E-state index in [1.807, 2.05) is 25.2 Å². The number of halogens is 1. The molecule has 0 spiro atoms. The van der Waals surface area contributed by atoms with Gasteiger partial charge in [-0.3, -0.25) is 4.53 Å². The molecule has 0 aliphatic rings. The molecule has 1 unspecified atom stereocenters. The van der Waals surface area contributed by atoms with Crippen molar-refractivity contribution in [1.82, 2.24) is 4.39 Å². The van der Waals surface area contributed by atoms with Crippen LogP contribution in [0, 0.1) is 0 Å². The number of nitrogens with zero attached hydrogens (tertiary/aromatic N) is 2. The highest BCUT2D eigenvalue weighted by atomic mass is 28.4. The van der Waals surface area contributed by atoms with Crippen LogP contribution in [0.4, 0.5) is 4.11 Å². The molecule has 21 heavy (non-hydrogen) atoms. The van der Waals surface area contributed by atoms with Crippen LogP contribution in [0.1, 0.15) is 34.6 Å². The monoisotopic (exact) mass is 352 g/mol. The molecule has 0 aromatic carbocycles. The molecule has 0 saturated heterocycles. The van der Waals surface area contributed by atoms with Gasteiger partial charge in [0.15, 0.2) is 0 Å². The van der Waals surface area contributed by atoms with Gasteiger partial charge in [-0.15, -0.1) is 5.16 Å². The van der Waals surface area contributed by atoms with Crippen LogP contribution >= 0.6 is 0 Å². The van der Waals surface area contributed by atoms with E-state index in [0.29, 0.717) is 5.71 Å². The van der Waals surface area contributed by atoms with Gasteiger partial charge in [-0.2, -0.15) is 0 Å². The third kappa shape index (κ3) is 6.31. The Labute approximate surface area is 133 Å². The minimum Gasteiger partial charge on any atom is -0.389 e. The number of hydrogen-bond donors (Lipinski definition) is 0. The molecular weight excluding hydrogens is 319 g/mol. The Morgan fingerprint density at radius 1 is 0.952 bits per heavy atom. The Morgan fingerprint density at radius 3 is 1.57 bits per heavy atom. The zero-order chi connectivity index (χ0) is 17.3. The summed E-state index contributed by atoms with van der Waals surface area (Å²) >= 11 is 0. The van der Waals surface area contributed by atoms with Crippen LogP contribution in [-0.2, 0) is 9.05 Å². The predicted molar refractivity (Wildman–Crippen MR) is 96.1 cm³/mol. The van der Waals surface area contributed by atoms with Crippen molar-refractivity contribution in [3.05, 3.63) is 0 Å². The first-order chi connectivity index (χ1) is 9.01. The van der Waals surface area contributed by atoms with Gasteiger partial charge < -0.3 is 4.53 Å². The lowest BCUT2D eigenvalue weighted by molar-refractivity contribution is -0.000358. The molecule has 0 radical (unpaired) electrons. The van der Waals surface area contributed by atoms with Crippen molar-refractivity contribution in [2.24, 2.45) is 5.16 Å². The smallest absolute Gasteiger partial charge is 0.389 e. The van der Waals surface area contributed by atoms with Crippen molar-refractivity contribution in [3.8, 4) is 0 Å². The quantitative estimate of drug-likeness (QED) is 0.291. The molecule has 0 bridgehead atoms. The van der Waals surface area contributed by atoms with Gasteiger partial charge in [0.1, 0.15) is 16.5 Å². The molecule has 0 amide bonds. The average Bonchev–Trinajstić information content (AvgIpc) is 2.18. The van der Waals surface area contributed by atoms with Gasteiger partial charge in [-0.25, -0.2) is 8.50 Å². The van der Waals surface area contributed by atoms with Crippen molar-refractivity contribution in [1.29, 1.82) is 0 Å². The SMILES string of the molecule is CC(C)=NO[Si](F)(ON([Si](C)(C)C)[Si](C)(C)C)C(C)(C)C. The summed E-state index contributed by atoms with van der Waals surface area (Å²) in [5.74, 6) is 0. The average molecular weight is 353 g/mol. The number of oxime groups is 1. The normalized spacial score (nSPS) is 16.6. The Kier molecular flexibility index (Phi) is 6.60. The van der Waals surface area contributed by atoms with E-state index < -0.39 is 30.4 Å². The first-order valence-corrected chi connectivity index (χ1v) is 16.0. The third-order valence-corrected chi connectivity index (χ3v) is 12.2. The highest BCUT2D eigenvalue weighted by Crippen LogP contribution is 2.41. The van der Waals surface area contributed by atoms with E-state index >= 15 is 4.11 Å². The second kappa shape index (κ2) is 6.61. The van der Waals surface area contributed by atoms with E-state index in [1.165, 1.54) is 0 Å². The summed E-state index contributed by atoms with van der Waals surface area (Å²) in [4.78, 5) is 0. The molecule has 1 atom stereocenters. The standard InChI is InChI=1S/C13H33FN2O2Si3/c1-12(2)15-17-21(14,13(3,4)5)18-16(19(6,7)8)20(9,10)11/h1-11H3. The van der Waals surface area contributed by atoms with Crippen molar-refractivity contribution < 1.29 is 13.2 Å². The molecule has 126 valence electrons. The molecule has 0 aromatic heterocycles. The van der Waals surface area contributed by atoms with E-state index in [4.69, 9.17) is 9.05 Å². The number of rotatable bonds is 6. The summed E-state index contributed by atoms with van der Waals surface area (Å²) in [6, 6.07) is 0. The van der Waals surface area contributed by atoms with Crippen LogP contribution in [0.5, 0.6) is 0 Å². The van der Waals surface area contributed by atoms with Crippen molar-refractivity contribution in [2.45, 2.75) is 78.9 Å². The third-order valence-electron chi connectivity index (χ3n) is 2.67. The van der Waals surface area contributed by atoms with E-state index in [0.717, 1.165) is 0 Å². The van der Waals surface area contributed by atoms with Gasteiger partial charge in [-0.05, 0) is 13.8 Å². The Balaban J connectivity index is 5.61. The van der Waals surface area contributed by atoms with Crippen LogP contribution in [-0.4, -0.2) is 35.5 Å². The topological polar surface area (TPSA) is 34.1 Å². The lowest BCUT2D eigenvalue weighted by Crippen LogP contribution is -2.64. The molecule has 0 aliphatic heterocycles. The minimum absolute atomic E-state index is 0.685. The second-order valence-corrected chi connectivity index (χ2v) is 21.5. The Morgan fingerprint density at radius 2 is 1.33 bits per heavy atom. The van der Waals surface area contributed by atoms with Crippen LogP contribution in [0.2, 0.25) is 44.3 Å². The van der Waals surface area contributed by atoms with Crippen LogP contribution in [0.15, 0.2) is 5.16 Å². The molecular formula is C13H33FN2O2Si3. The van der Waals surface area contributed by atoms with Gasteiger partial charge >= 0.3 is 8.89 Å². The highest BCUT2D eigenvalue weighted by molar-refractivity contribution is 6.89. The fourth-order valence-electron chi connectivity index (χ4n) is 1.84. The van der Waals surface area contributed by atoms with Crippen molar-refractivity contribution in [3.63, 3.8) is 0 Å². The molecule has 8 heteroatoms. The van der Waals surface area contributed by atoms with Gasteiger partial charge in [0.25, 0.3) is 0 Å². The number of hydrogen-bond acceptors (Lipinski definition) is 4. The summed E-state index contributed by atoms with van der Waals surface area (Å²) < 4.78 is 28.8. The lowest BCUT2D eigenvalue weighted by Gasteiger charge is -2.46. The maximum Gasteiger partial charge on any atom is 0.647 e. The lowest BCUT2D eigenvalue weighted by atomic mass is 10.3. The first kappa shape index (κ1) is 21.0. The maximum atomic E-state index is 15.6. The largest absolute Gasteiger partial charge is 0.647 e. The molecule has 0 aromatic rings. The predicted octanol–water partition coefficient (Wildman–Crippen LogP) is 5.01. The minimum atomic E-state index is -3.99. The highest BCUT2D eigenvalue weighted by Gasteiger charge is 2.59. The fourth-order valence-corrected chi connectivity index (χ4v) is 13.9. The molecule has 0 rings (SSSR count). The summed E-state index contributed by atoms with van der Waals surface area (Å²) in [5, 5.41) is 3.14. The zero-order valence-electron chi connectivity index (χ0n) is 15.6. The Bertz CT molecular complexity index is 368. The first-order valence-electron chi connectivity index (χ1n) is 7.38.